The van der Waals surface area contributed by atoms with Crippen molar-refractivity contribution >= 4 is 10.9 Å². The molecule has 1 aromatic carbocycles. The van der Waals surface area contributed by atoms with E-state index >= 15 is 0 Å². The van der Waals surface area contributed by atoms with Gasteiger partial charge in [-0.1, -0.05) is 0 Å². The van der Waals surface area contributed by atoms with Gasteiger partial charge in [0, 0.05) is 17.5 Å². The molecule has 1 heterocycles. The van der Waals surface area contributed by atoms with E-state index in [1.165, 1.54) is 6.33 Å². The van der Waals surface area contributed by atoms with E-state index in [0.29, 0.717) is 0 Å². The minimum atomic E-state index is -0.0936. The second-order valence-electron chi connectivity index (χ2n) is 3.43. The van der Waals surface area contributed by atoms with E-state index < -0.39 is 0 Å². The average molecular weight is 203 g/mol. The Balaban J connectivity index is 2.67. The molecule has 0 aliphatic carbocycles. The first kappa shape index (κ1) is 9.86. The lowest BCUT2D eigenvalue weighted by molar-refractivity contribution is 0.415. The van der Waals surface area contributed by atoms with Crippen LogP contribution < -0.4 is 10.5 Å². The molecule has 1 aromatic heterocycles. The molecule has 2 rings (SSSR count). The molecule has 2 N–H and O–H groups in total. The highest BCUT2D eigenvalue weighted by Crippen LogP contribution is 2.23. The van der Waals surface area contributed by atoms with Gasteiger partial charge in [0.2, 0.25) is 0 Å². The lowest BCUT2D eigenvalue weighted by Crippen LogP contribution is -2.08. The zero-order chi connectivity index (χ0) is 10.8. The van der Waals surface area contributed by atoms with Crippen LogP contribution in [-0.2, 0) is 0 Å². The van der Waals surface area contributed by atoms with Gasteiger partial charge in [-0.15, -0.1) is 0 Å². The molecule has 2 aromatic rings. The van der Waals surface area contributed by atoms with Gasteiger partial charge in [0.1, 0.15) is 12.1 Å². The monoisotopic (exact) mass is 203 g/mol. The van der Waals surface area contributed by atoms with E-state index in [9.17, 15) is 0 Å². The first-order valence-electron chi connectivity index (χ1n) is 4.76. The van der Waals surface area contributed by atoms with Crippen LogP contribution >= 0.6 is 0 Å². The third kappa shape index (κ3) is 1.76. The van der Waals surface area contributed by atoms with Crippen LogP contribution in [0, 0.1) is 0 Å². The van der Waals surface area contributed by atoms with E-state index in [-0.39, 0.29) is 6.04 Å². The van der Waals surface area contributed by atoms with Gasteiger partial charge in [0.15, 0.2) is 0 Å². The van der Waals surface area contributed by atoms with Crippen molar-refractivity contribution in [2.45, 2.75) is 13.0 Å². The Morgan fingerprint density at radius 3 is 2.80 bits per heavy atom. The number of rotatable bonds is 2. The van der Waals surface area contributed by atoms with Crippen molar-refractivity contribution in [1.82, 2.24) is 9.97 Å². The SMILES string of the molecule is COc1ccc2c(C(C)N)ncnc2c1. The molecule has 78 valence electrons. The molecule has 0 aliphatic rings. The van der Waals surface area contributed by atoms with Crippen molar-refractivity contribution < 1.29 is 4.74 Å². The average Bonchev–Trinajstić information content (AvgIpc) is 2.27. The van der Waals surface area contributed by atoms with Gasteiger partial charge < -0.3 is 10.5 Å². The van der Waals surface area contributed by atoms with Crippen LogP contribution in [0.25, 0.3) is 10.9 Å². The Kier molecular flexibility index (Phi) is 2.51. The molecule has 0 fully saturated rings. The Bertz CT molecular complexity index is 482. The van der Waals surface area contributed by atoms with Crippen LogP contribution in [0.2, 0.25) is 0 Å². The largest absolute Gasteiger partial charge is 0.497 e. The fraction of sp³-hybridized carbons (Fsp3) is 0.273. The molecule has 0 spiro atoms. The summed E-state index contributed by atoms with van der Waals surface area (Å²) >= 11 is 0. The quantitative estimate of drug-likeness (QED) is 0.806. The number of fused-ring (bicyclic) bond motifs is 1. The molecule has 4 nitrogen and oxygen atoms in total. The number of benzene rings is 1. The predicted molar refractivity (Wildman–Crippen MR) is 58.7 cm³/mol. The summed E-state index contributed by atoms with van der Waals surface area (Å²) in [6, 6.07) is 5.61. The van der Waals surface area contributed by atoms with E-state index in [1.807, 2.05) is 25.1 Å². The number of aromatic nitrogens is 2. The van der Waals surface area contributed by atoms with Crippen molar-refractivity contribution in [3.8, 4) is 5.75 Å². The zero-order valence-corrected chi connectivity index (χ0v) is 8.77. The second-order valence-corrected chi connectivity index (χ2v) is 3.43. The highest BCUT2D eigenvalue weighted by atomic mass is 16.5. The van der Waals surface area contributed by atoms with Crippen molar-refractivity contribution in [3.63, 3.8) is 0 Å². The Morgan fingerprint density at radius 1 is 1.33 bits per heavy atom. The van der Waals surface area contributed by atoms with Crippen molar-refractivity contribution in [2.24, 2.45) is 5.73 Å². The van der Waals surface area contributed by atoms with Gasteiger partial charge in [-0.3, -0.25) is 0 Å². The molecule has 0 aliphatic heterocycles. The van der Waals surface area contributed by atoms with Crippen LogP contribution in [0.1, 0.15) is 18.7 Å². The summed E-state index contributed by atoms with van der Waals surface area (Å²) in [5.41, 5.74) is 7.55. The molecule has 4 heteroatoms. The maximum absolute atomic E-state index is 5.83. The fourth-order valence-corrected chi connectivity index (χ4v) is 1.55. The van der Waals surface area contributed by atoms with Gasteiger partial charge >= 0.3 is 0 Å². The first-order chi connectivity index (χ1) is 7.22. The Morgan fingerprint density at radius 2 is 2.13 bits per heavy atom. The van der Waals surface area contributed by atoms with E-state index in [1.54, 1.807) is 7.11 Å². The van der Waals surface area contributed by atoms with Gasteiger partial charge in [0.25, 0.3) is 0 Å². The topological polar surface area (TPSA) is 61.0 Å². The highest BCUT2D eigenvalue weighted by molar-refractivity contribution is 5.82. The number of nitrogens with zero attached hydrogens (tertiary/aromatic N) is 2. The van der Waals surface area contributed by atoms with Gasteiger partial charge in [-0.2, -0.15) is 0 Å². The molecule has 0 amide bonds. The molecule has 0 radical (unpaired) electrons. The number of hydrogen-bond acceptors (Lipinski definition) is 4. The Labute approximate surface area is 88.1 Å². The van der Waals surface area contributed by atoms with Gasteiger partial charge in [-0.25, -0.2) is 9.97 Å². The summed E-state index contributed by atoms with van der Waals surface area (Å²) in [7, 11) is 1.63. The van der Waals surface area contributed by atoms with E-state index in [2.05, 4.69) is 9.97 Å². The summed E-state index contributed by atoms with van der Waals surface area (Å²) in [6.07, 6.45) is 1.53. The summed E-state index contributed by atoms with van der Waals surface area (Å²) < 4.78 is 5.13. The predicted octanol–water partition coefficient (Wildman–Crippen LogP) is 1.66. The third-order valence-corrected chi connectivity index (χ3v) is 2.31. The van der Waals surface area contributed by atoms with Crippen LogP contribution in [0.3, 0.4) is 0 Å². The maximum atomic E-state index is 5.83. The molecule has 0 bridgehead atoms. The molecule has 1 atom stereocenters. The van der Waals surface area contributed by atoms with Gasteiger partial charge in [0.05, 0.1) is 18.3 Å². The van der Waals surface area contributed by atoms with Crippen LogP contribution in [0.4, 0.5) is 0 Å². The first-order valence-corrected chi connectivity index (χ1v) is 4.76. The zero-order valence-electron chi connectivity index (χ0n) is 8.77. The number of nitrogens with two attached hydrogens (primary N) is 1. The summed E-state index contributed by atoms with van der Waals surface area (Å²) in [4.78, 5) is 8.37. The highest BCUT2D eigenvalue weighted by Gasteiger charge is 2.07. The third-order valence-electron chi connectivity index (χ3n) is 2.31. The normalized spacial score (nSPS) is 12.7. The molecular formula is C11H13N3O. The van der Waals surface area contributed by atoms with Crippen LogP contribution in [0.5, 0.6) is 5.75 Å². The van der Waals surface area contributed by atoms with Crippen molar-refractivity contribution in [3.05, 3.63) is 30.2 Å². The number of hydrogen-bond donors (Lipinski definition) is 1. The van der Waals surface area contributed by atoms with E-state index in [4.69, 9.17) is 10.5 Å². The standard InChI is InChI=1S/C11H13N3O/c1-7(12)11-9-4-3-8(15-2)5-10(9)13-6-14-11/h3-7H,12H2,1-2H3. The molecule has 1 unspecified atom stereocenters. The van der Waals surface area contributed by atoms with Crippen molar-refractivity contribution in [1.29, 1.82) is 0 Å². The van der Waals surface area contributed by atoms with Gasteiger partial charge in [-0.05, 0) is 19.1 Å². The molecule has 0 saturated carbocycles. The lowest BCUT2D eigenvalue weighted by Gasteiger charge is -2.08. The second kappa shape index (κ2) is 3.82. The molecule has 0 saturated heterocycles. The minimum absolute atomic E-state index is 0.0936. The smallest absolute Gasteiger partial charge is 0.121 e. The maximum Gasteiger partial charge on any atom is 0.121 e. The molecule has 15 heavy (non-hydrogen) atoms. The summed E-state index contributed by atoms with van der Waals surface area (Å²) in [5, 5.41) is 0.980. The number of methoxy groups -OCH3 is 1. The van der Waals surface area contributed by atoms with Crippen molar-refractivity contribution in [2.75, 3.05) is 7.11 Å². The lowest BCUT2D eigenvalue weighted by atomic mass is 10.1. The Hall–Kier alpha value is -1.68. The van der Waals surface area contributed by atoms with Crippen LogP contribution in [0.15, 0.2) is 24.5 Å². The number of ether oxygens (including phenoxy) is 1. The minimum Gasteiger partial charge on any atom is -0.497 e. The van der Waals surface area contributed by atoms with Crippen LogP contribution in [-0.4, -0.2) is 17.1 Å². The fourth-order valence-electron chi connectivity index (χ4n) is 1.55. The molecular weight excluding hydrogens is 190 g/mol. The summed E-state index contributed by atoms with van der Waals surface area (Å²) in [6.45, 7) is 1.91. The summed E-state index contributed by atoms with van der Waals surface area (Å²) in [5.74, 6) is 0.789. The van der Waals surface area contributed by atoms with E-state index in [0.717, 1.165) is 22.3 Å².